The maximum absolute atomic E-state index is 14.0. The Labute approximate surface area is 119 Å². The van der Waals surface area contributed by atoms with E-state index in [1.807, 2.05) is 29.2 Å². The molecule has 0 saturated carbocycles. The molecule has 0 radical (unpaired) electrons. The second-order valence-electron chi connectivity index (χ2n) is 4.93. The van der Waals surface area contributed by atoms with Crippen molar-refractivity contribution in [1.82, 2.24) is 15.1 Å². The molecule has 1 aromatic heterocycles. The summed E-state index contributed by atoms with van der Waals surface area (Å²) >= 11 is 0. The number of rotatable bonds is 7. The summed E-state index contributed by atoms with van der Waals surface area (Å²) in [4.78, 5) is 0. The maximum atomic E-state index is 14.0. The van der Waals surface area contributed by atoms with Crippen LogP contribution in [0.15, 0.2) is 36.7 Å². The van der Waals surface area contributed by atoms with Crippen LogP contribution in [0.2, 0.25) is 0 Å². The van der Waals surface area contributed by atoms with Gasteiger partial charge < -0.3 is 5.32 Å². The van der Waals surface area contributed by atoms with Crippen molar-refractivity contribution in [2.45, 2.75) is 32.7 Å². The highest BCUT2D eigenvalue weighted by Gasteiger charge is 2.16. The van der Waals surface area contributed by atoms with Gasteiger partial charge in [-0.25, -0.2) is 4.39 Å². The van der Waals surface area contributed by atoms with E-state index < -0.39 is 0 Å². The first-order chi connectivity index (χ1) is 9.74. The Bertz CT molecular complexity index is 536. The molecule has 1 aromatic carbocycles. The van der Waals surface area contributed by atoms with Gasteiger partial charge in [-0.15, -0.1) is 0 Å². The van der Waals surface area contributed by atoms with Crippen LogP contribution in [0.5, 0.6) is 0 Å². The Hall–Kier alpha value is -1.68. The molecule has 2 aromatic rings. The van der Waals surface area contributed by atoms with Gasteiger partial charge in [0.25, 0.3) is 0 Å². The number of likely N-dealkylation sites (N-methyl/N-ethyl adjacent to an activating group) is 1. The van der Waals surface area contributed by atoms with Crippen molar-refractivity contribution in [2.75, 3.05) is 13.1 Å². The number of nitrogens with one attached hydrogen (secondary N) is 1. The molecule has 1 unspecified atom stereocenters. The van der Waals surface area contributed by atoms with Gasteiger partial charge in [-0.1, -0.05) is 25.1 Å². The molecule has 0 aliphatic rings. The van der Waals surface area contributed by atoms with Crippen LogP contribution in [0.1, 0.15) is 30.9 Å². The monoisotopic (exact) mass is 275 g/mol. The van der Waals surface area contributed by atoms with E-state index in [0.29, 0.717) is 0 Å². The standard InChI is InChI=1S/C16H22FN3/c1-3-18-11-14(15-7-5-6-8-16(15)17)9-13-10-19-20(4-2)12-13/h5-8,10,12,14,18H,3-4,9,11H2,1-2H3. The first-order valence-electron chi connectivity index (χ1n) is 7.21. The Balaban J connectivity index is 2.17. The summed E-state index contributed by atoms with van der Waals surface area (Å²) in [7, 11) is 0. The smallest absolute Gasteiger partial charge is 0.126 e. The molecule has 0 saturated heterocycles. The molecule has 4 heteroatoms. The summed E-state index contributed by atoms with van der Waals surface area (Å²) in [6.45, 7) is 6.64. The molecule has 1 heterocycles. The summed E-state index contributed by atoms with van der Waals surface area (Å²) in [6, 6.07) is 7.04. The van der Waals surface area contributed by atoms with Gasteiger partial charge in [-0.3, -0.25) is 4.68 Å². The SMILES string of the molecule is CCNCC(Cc1cnn(CC)c1)c1ccccc1F. The molecule has 3 nitrogen and oxygen atoms in total. The van der Waals surface area contributed by atoms with E-state index in [9.17, 15) is 4.39 Å². The van der Waals surface area contributed by atoms with Crippen LogP contribution in [0.4, 0.5) is 4.39 Å². The number of hydrogen-bond acceptors (Lipinski definition) is 2. The zero-order valence-corrected chi connectivity index (χ0v) is 12.1. The predicted molar refractivity (Wildman–Crippen MR) is 79.3 cm³/mol. The average Bonchev–Trinajstić information content (AvgIpc) is 2.92. The Kier molecular flexibility index (Phi) is 5.30. The molecule has 0 fully saturated rings. The quantitative estimate of drug-likeness (QED) is 0.842. The summed E-state index contributed by atoms with van der Waals surface area (Å²) in [6.07, 6.45) is 4.72. The zero-order chi connectivity index (χ0) is 14.4. The molecule has 0 aliphatic heterocycles. The number of aryl methyl sites for hydroxylation is 1. The third-order valence-corrected chi connectivity index (χ3v) is 3.48. The maximum Gasteiger partial charge on any atom is 0.126 e. The van der Waals surface area contributed by atoms with E-state index in [1.165, 1.54) is 6.07 Å². The lowest BCUT2D eigenvalue weighted by molar-refractivity contribution is 0.544. The fourth-order valence-corrected chi connectivity index (χ4v) is 2.39. The first kappa shape index (κ1) is 14.7. The average molecular weight is 275 g/mol. The summed E-state index contributed by atoms with van der Waals surface area (Å²) < 4.78 is 15.9. The Morgan fingerprint density at radius 2 is 2.10 bits per heavy atom. The molecule has 0 spiro atoms. The minimum absolute atomic E-state index is 0.127. The fourth-order valence-electron chi connectivity index (χ4n) is 2.39. The van der Waals surface area contributed by atoms with Gasteiger partial charge in [0, 0.05) is 25.2 Å². The highest BCUT2D eigenvalue weighted by Crippen LogP contribution is 2.23. The lowest BCUT2D eigenvalue weighted by atomic mass is 9.92. The van der Waals surface area contributed by atoms with Gasteiger partial charge >= 0.3 is 0 Å². The largest absolute Gasteiger partial charge is 0.316 e. The molecule has 2 rings (SSSR count). The van der Waals surface area contributed by atoms with Crippen molar-refractivity contribution < 1.29 is 4.39 Å². The Morgan fingerprint density at radius 3 is 2.75 bits per heavy atom. The molecule has 0 aliphatic carbocycles. The zero-order valence-electron chi connectivity index (χ0n) is 12.1. The van der Waals surface area contributed by atoms with Crippen LogP contribution in [0.25, 0.3) is 0 Å². The van der Waals surface area contributed by atoms with Gasteiger partial charge in [-0.05, 0) is 37.1 Å². The molecular weight excluding hydrogens is 253 g/mol. The normalized spacial score (nSPS) is 12.6. The van der Waals surface area contributed by atoms with Crippen molar-refractivity contribution in [2.24, 2.45) is 0 Å². The lowest BCUT2D eigenvalue weighted by Gasteiger charge is -2.17. The van der Waals surface area contributed by atoms with Crippen molar-refractivity contribution in [3.05, 3.63) is 53.6 Å². The summed E-state index contributed by atoms with van der Waals surface area (Å²) in [5.74, 6) is 0.00365. The van der Waals surface area contributed by atoms with Crippen LogP contribution in [-0.2, 0) is 13.0 Å². The topological polar surface area (TPSA) is 29.9 Å². The van der Waals surface area contributed by atoms with E-state index in [0.717, 1.165) is 37.2 Å². The number of halogens is 1. The Morgan fingerprint density at radius 1 is 1.30 bits per heavy atom. The number of hydrogen-bond donors (Lipinski definition) is 1. The third kappa shape index (κ3) is 3.67. The van der Waals surface area contributed by atoms with Gasteiger partial charge in [0.05, 0.1) is 6.20 Å². The van der Waals surface area contributed by atoms with E-state index >= 15 is 0 Å². The lowest BCUT2D eigenvalue weighted by Crippen LogP contribution is -2.23. The second kappa shape index (κ2) is 7.20. The summed E-state index contributed by atoms with van der Waals surface area (Å²) in [5.41, 5.74) is 1.93. The highest BCUT2D eigenvalue weighted by molar-refractivity contribution is 5.24. The van der Waals surface area contributed by atoms with E-state index in [1.54, 1.807) is 6.07 Å². The number of nitrogens with zero attached hydrogens (tertiary/aromatic N) is 2. The second-order valence-corrected chi connectivity index (χ2v) is 4.93. The minimum Gasteiger partial charge on any atom is -0.316 e. The van der Waals surface area contributed by atoms with Gasteiger partial charge in [0.2, 0.25) is 0 Å². The molecular formula is C16H22FN3. The van der Waals surface area contributed by atoms with Crippen LogP contribution in [0, 0.1) is 5.82 Å². The predicted octanol–water partition coefficient (Wildman–Crippen LogP) is 2.98. The number of aromatic nitrogens is 2. The molecule has 0 bridgehead atoms. The highest BCUT2D eigenvalue weighted by atomic mass is 19.1. The first-order valence-corrected chi connectivity index (χ1v) is 7.21. The van der Waals surface area contributed by atoms with Crippen molar-refractivity contribution in [1.29, 1.82) is 0 Å². The van der Waals surface area contributed by atoms with Crippen molar-refractivity contribution in [3.8, 4) is 0 Å². The van der Waals surface area contributed by atoms with Crippen LogP contribution in [-0.4, -0.2) is 22.9 Å². The van der Waals surface area contributed by atoms with Gasteiger partial charge in [-0.2, -0.15) is 5.10 Å². The fraction of sp³-hybridized carbons (Fsp3) is 0.438. The molecule has 0 amide bonds. The summed E-state index contributed by atoms with van der Waals surface area (Å²) in [5, 5.41) is 7.61. The van der Waals surface area contributed by atoms with Gasteiger partial charge in [0.1, 0.15) is 5.82 Å². The van der Waals surface area contributed by atoms with E-state index in [-0.39, 0.29) is 11.7 Å². The number of benzene rings is 1. The molecule has 1 N–H and O–H groups in total. The van der Waals surface area contributed by atoms with Crippen LogP contribution >= 0.6 is 0 Å². The van der Waals surface area contributed by atoms with E-state index in [2.05, 4.69) is 24.3 Å². The van der Waals surface area contributed by atoms with Crippen molar-refractivity contribution >= 4 is 0 Å². The third-order valence-electron chi connectivity index (χ3n) is 3.48. The van der Waals surface area contributed by atoms with Crippen LogP contribution in [0.3, 0.4) is 0 Å². The molecule has 108 valence electrons. The van der Waals surface area contributed by atoms with E-state index in [4.69, 9.17) is 0 Å². The van der Waals surface area contributed by atoms with Crippen LogP contribution < -0.4 is 5.32 Å². The van der Waals surface area contributed by atoms with Gasteiger partial charge in [0.15, 0.2) is 0 Å². The molecule has 1 atom stereocenters. The molecule has 20 heavy (non-hydrogen) atoms. The van der Waals surface area contributed by atoms with Crippen molar-refractivity contribution in [3.63, 3.8) is 0 Å². The minimum atomic E-state index is -0.127.